The summed E-state index contributed by atoms with van der Waals surface area (Å²) < 4.78 is 10.7. The van der Waals surface area contributed by atoms with E-state index in [4.69, 9.17) is 9.47 Å². The number of epoxide rings is 1. The second-order valence-corrected chi connectivity index (χ2v) is 6.50. The molecule has 0 aromatic heterocycles. The van der Waals surface area contributed by atoms with Gasteiger partial charge in [0, 0.05) is 11.1 Å². The molecule has 0 bridgehead atoms. The molecule has 1 saturated heterocycles. The summed E-state index contributed by atoms with van der Waals surface area (Å²) in [5.41, 5.74) is -1.63. The SMILES string of the molecule is CC(=O)[C@H]1[C@@H]2OC(=O)C(C)=C2C=C2[C@]1(O)[C@@H]1O[C@@H]1[C@]2(C)O. The molecule has 0 aromatic rings. The van der Waals surface area contributed by atoms with Gasteiger partial charge in [0.15, 0.2) is 0 Å². The van der Waals surface area contributed by atoms with Gasteiger partial charge in [0.2, 0.25) is 0 Å². The Morgan fingerprint density at radius 3 is 2.62 bits per heavy atom. The predicted octanol–water partition coefficient (Wildman–Crippen LogP) is -0.363. The van der Waals surface area contributed by atoms with Crippen molar-refractivity contribution in [3.05, 3.63) is 22.8 Å². The summed E-state index contributed by atoms with van der Waals surface area (Å²) in [7, 11) is 0. The van der Waals surface area contributed by atoms with E-state index in [1.807, 2.05) is 0 Å². The molecule has 0 spiro atoms. The lowest BCUT2D eigenvalue weighted by Gasteiger charge is -2.42. The van der Waals surface area contributed by atoms with E-state index in [2.05, 4.69) is 0 Å². The second-order valence-electron chi connectivity index (χ2n) is 6.50. The summed E-state index contributed by atoms with van der Waals surface area (Å²) in [5, 5.41) is 21.7. The minimum Gasteiger partial charge on any atom is -0.453 e. The van der Waals surface area contributed by atoms with Crippen molar-refractivity contribution in [2.75, 3.05) is 0 Å². The van der Waals surface area contributed by atoms with Crippen molar-refractivity contribution in [3.63, 3.8) is 0 Å². The van der Waals surface area contributed by atoms with E-state index < -0.39 is 41.4 Å². The van der Waals surface area contributed by atoms with Crippen molar-refractivity contribution in [1.29, 1.82) is 0 Å². The van der Waals surface area contributed by atoms with Gasteiger partial charge in [0.1, 0.15) is 35.3 Å². The molecule has 2 N–H and O–H groups in total. The molecule has 4 rings (SSSR count). The maximum absolute atomic E-state index is 12.1. The number of aliphatic hydroxyl groups is 2. The van der Waals surface area contributed by atoms with Gasteiger partial charge in [-0.25, -0.2) is 4.79 Å². The first-order valence-corrected chi connectivity index (χ1v) is 6.95. The first-order chi connectivity index (χ1) is 9.70. The van der Waals surface area contributed by atoms with Gasteiger partial charge >= 0.3 is 5.97 Å². The Morgan fingerprint density at radius 2 is 2.00 bits per heavy atom. The van der Waals surface area contributed by atoms with Crippen molar-refractivity contribution < 1.29 is 29.3 Å². The molecule has 6 nitrogen and oxygen atoms in total. The molecule has 0 unspecified atom stereocenters. The molecular formula is C15H16O6. The predicted molar refractivity (Wildman–Crippen MR) is 69.1 cm³/mol. The molecule has 0 radical (unpaired) electrons. The van der Waals surface area contributed by atoms with Crippen LogP contribution in [0.3, 0.4) is 0 Å². The van der Waals surface area contributed by atoms with Gasteiger partial charge in [-0.1, -0.05) is 0 Å². The molecule has 2 heterocycles. The van der Waals surface area contributed by atoms with Crippen LogP contribution in [0.5, 0.6) is 0 Å². The number of ketones is 1. The lowest BCUT2D eigenvalue weighted by Crippen LogP contribution is -2.56. The fourth-order valence-corrected chi connectivity index (χ4v) is 4.14. The highest BCUT2D eigenvalue weighted by molar-refractivity contribution is 5.95. The minimum atomic E-state index is -1.61. The van der Waals surface area contributed by atoms with E-state index in [0.29, 0.717) is 16.7 Å². The van der Waals surface area contributed by atoms with E-state index in [1.165, 1.54) is 6.92 Å². The maximum atomic E-state index is 12.1. The molecule has 2 aliphatic heterocycles. The van der Waals surface area contributed by atoms with Crippen LogP contribution in [0, 0.1) is 5.92 Å². The van der Waals surface area contributed by atoms with E-state index in [0.717, 1.165) is 0 Å². The van der Waals surface area contributed by atoms with Crippen LogP contribution in [0.25, 0.3) is 0 Å². The Labute approximate surface area is 121 Å². The van der Waals surface area contributed by atoms with E-state index >= 15 is 0 Å². The molecule has 0 aromatic carbocycles. The molecule has 2 aliphatic carbocycles. The molecule has 6 heteroatoms. The first kappa shape index (κ1) is 13.2. The number of esters is 1. The first-order valence-electron chi connectivity index (χ1n) is 6.95. The zero-order chi connectivity index (χ0) is 15.3. The number of hydrogen-bond acceptors (Lipinski definition) is 6. The van der Waals surface area contributed by atoms with Crippen LogP contribution in [0.4, 0.5) is 0 Å². The van der Waals surface area contributed by atoms with Gasteiger partial charge in [-0.15, -0.1) is 0 Å². The minimum absolute atomic E-state index is 0.292. The number of fused-ring (bicyclic) bond motifs is 4. The van der Waals surface area contributed by atoms with Crippen LogP contribution in [0.15, 0.2) is 22.8 Å². The molecule has 112 valence electrons. The summed E-state index contributed by atoms with van der Waals surface area (Å²) >= 11 is 0. The summed E-state index contributed by atoms with van der Waals surface area (Å²) in [4.78, 5) is 23.9. The highest BCUT2D eigenvalue weighted by atomic mass is 16.6. The number of carbonyl (C=O) groups is 2. The van der Waals surface area contributed by atoms with Crippen LogP contribution in [-0.2, 0) is 19.1 Å². The number of hydrogen-bond donors (Lipinski definition) is 2. The van der Waals surface area contributed by atoms with Crippen molar-refractivity contribution in [1.82, 2.24) is 0 Å². The molecule has 1 saturated carbocycles. The maximum Gasteiger partial charge on any atom is 0.334 e. The van der Waals surface area contributed by atoms with E-state index in [1.54, 1.807) is 19.9 Å². The fourth-order valence-electron chi connectivity index (χ4n) is 4.14. The zero-order valence-corrected chi connectivity index (χ0v) is 11.9. The molecule has 0 amide bonds. The summed E-state index contributed by atoms with van der Waals surface area (Å²) in [6.45, 7) is 4.54. The largest absolute Gasteiger partial charge is 0.453 e. The lowest BCUT2D eigenvalue weighted by molar-refractivity contribution is -0.153. The van der Waals surface area contributed by atoms with Gasteiger partial charge in [-0.3, -0.25) is 4.79 Å². The highest BCUT2D eigenvalue weighted by Gasteiger charge is 2.77. The van der Waals surface area contributed by atoms with Gasteiger partial charge < -0.3 is 19.7 Å². The van der Waals surface area contributed by atoms with Crippen LogP contribution in [0.2, 0.25) is 0 Å². The highest BCUT2D eigenvalue weighted by Crippen LogP contribution is 2.61. The summed E-state index contributed by atoms with van der Waals surface area (Å²) in [6, 6.07) is 0. The molecule has 6 atom stereocenters. The standard InChI is InChI=1S/C15H16O6/c1-5-7-4-8-14(3,18)11-12(21-11)15(8,19)9(6(2)16)10(7)20-13(5)17/h4,9-12,18-19H,1-3H3/t9-,10+,11-,12+,14+,15+/m0/s1. The normalized spacial score (nSPS) is 50.1. The topological polar surface area (TPSA) is 96.4 Å². The van der Waals surface area contributed by atoms with Crippen molar-refractivity contribution in [3.8, 4) is 0 Å². The Balaban J connectivity index is 1.98. The van der Waals surface area contributed by atoms with Gasteiger partial charge in [0.25, 0.3) is 0 Å². The monoisotopic (exact) mass is 292 g/mol. The average molecular weight is 292 g/mol. The summed E-state index contributed by atoms with van der Waals surface area (Å²) in [5.74, 6) is -1.73. The molecule has 2 fully saturated rings. The van der Waals surface area contributed by atoms with Crippen molar-refractivity contribution >= 4 is 11.8 Å². The van der Waals surface area contributed by atoms with Crippen LogP contribution in [0.1, 0.15) is 20.8 Å². The molecule has 21 heavy (non-hydrogen) atoms. The third-order valence-electron chi connectivity index (χ3n) is 5.25. The lowest BCUT2D eigenvalue weighted by atomic mass is 9.68. The average Bonchev–Trinajstić information content (AvgIpc) is 3.10. The fraction of sp³-hybridized carbons (Fsp3) is 0.600. The quantitative estimate of drug-likeness (QED) is 0.506. The Kier molecular flexibility index (Phi) is 2.17. The van der Waals surface area contributed by atoms with Gasteiger partial charge in [0.05, 0.1) is 5.92 Å². The number of carbonyl (C=O) groups excluding carboxylic acids is 2. The smallest absolute Gasteiger partial charge is 0.334 e. The van der Waals surface area contributed by atoms with Crippen LogP contribution in [-0.4, -0.2) is 51.5 Å². The van der Waals surface area contributed by atoms with Crippen LogP contribution < -0.4 is 0 Å². The van der Waals surface area contributed by atoms with E-state index in [9.17, 15) is 19.8 Å². The molecular weight excluding hydrogens is 276 g/mol. The Morgan fingerprint density at radius 1 is 1.33 bits per heavy atom. The molecule has 4 aliphatic rings. The number of rotatable bonds is 1. The van der Waals surface area contributed by atoms with Crippen LogP contribution >= 0.6 is 0 Å². The second kappa shape index (κ2) is 3.45. The van der Waals surface area contributed by atoms with E-state index in [-0.39, 0.29) is 5.78 Å². The third kappa shape index (κ3) is 1.29. The third-order valence-corrected chi connectivity index (χ3v) is 5.25. The number of ether oxygens (including phenoxy) is 2. The Hall–Kier alpha value is -1.50. The van der Waals surface area contributed by atoms with Crippen molar-refractivity contribution in [2.24, 2.45) is 5.92 Å². The Bertz CT molecular complexity index is 657. The summed E-state index contributed by atoms with van der Waals surface area (Å²) in [6.07, 6.45) is -0.345. The number of Topliss-reactive ketones (excluding diaryl/α,β-unsaturated/α-hetero) is 1. The zero-order valence-electron chi connectivity index (χ0n) is 11.9. The van der Waals surface area contributed by atoms with Gasteiger partial charge in [-0.2, -0.15) is 0 Å². The van der Waals surface area contributed by atoms with Crippen molar-refractivity contribution in [2.45, 2.75) is 50.3 Å². The van der Waals surface area contributed by atoms with Gasteiger partial charge in [-0.05, 0) is 32.4 Å².